The van der Waals surface area contributed by atoms with Crippen molar-refractivity contribution < 1.29 is 19.1 Å². The molecular formula is C15H13N3O4S. The number of fused-ring (bicyclic) bond motifs is 1. The summed E-state index contributed by atoms with van der Waals surface area (Å²) in [5, 5.41) is 5.07. The highest BCUT2D eigenvalue weighted by atomic mass is 32.1. The first-order valence-electron chi connectivity index (χ1n) is 7.11. The number of carbonyl (C=O) groups is 2. The molecule has 2 aliphatic rings. The molecule has 0 radical (unpaired) electrons. The zero-order valence-corrected chi connectivity index (χ0v) is 12.8. The second-order valence-corrected chi connectivity index (χ2v) is 6.16. The monoisotopic (exact) mass is 331 g/mol. The molecule has 8 heteroatoms. The van der Waals surface area contributed by atoms with Gasteiger partial charge in [-0.1, -0.05) is 0 Å². The van der Waals surface area contributed by atoms with Crippen LogP contribution in [-0.2, 0) is 9.59 Å². The third-order valence-electron chi connectivity index (χ3n) is 3.83. The lowest BCUT2D eigenvalue weighted by Crippen LogP contribution is -2.28. The Balaban J connectivity index is 1.49. The van der Waals surface area contributed by atoms with Gasteiger partial charge < -0.3 is 19.7 Å². The fourth-order valence-electron chi connectivity index (χ4n) is 2.68. The molecule has 23 heavy (non-hydrogen) atoms. The molecule has 4 rings (SSSR count). The summed E-state index contributed by atoms with van der Waals surface area (Å²) in [7, 11) is 0. The molecule has 2 aromatic rings. The van der Waals surface area contributed by atoms with Crippen molar-refractivity contribution in [2.45, 2.75) is 6.42 Å². The van der Waals surface area contributed by atoms with Crippen molar-refractivity contribution in [1.82, 2.24) is 4.98 Å². The van der Waals surface area contributed by atoms with Crippen molar-refractivity contribution in [2.24, 2.45) is 5.92 Å². The minimum absolute atomic E-state index is 0.0804. The van der Waals surface area contributed by atoms with Gasteiger partial charge in [-0.15, -0.1) is 11.3 Å². The van der Waals surface area contributed by atoms with Crippen LogP contribution in [0, 0.1) is 5.92 Å². The van der Waals surface area contributed by atoms with Crippen LogP contribution in [0.4, 0.5) is 10.8 Å². The summed E-state index contributed by atoms with van der Waals surface area (Å²) in [6.45, 7) is 0.529. The Bertz CT molecular complexity index is 762. The predicted molar refractivity (Wildman–Crippen MR) is 83.8 cm³/mol. The third-order valence-corrected chi connectivity index (χ3v) is 4.51. The van der Waals surface area contributed by atoms with Crippen LogP contribution in [0.25, 0.3) is 0 Å². The van der Waals surface area contributed by atoms with Crippen molar-refractivity contribution in [2.75, 3.05) is 23.6 Å². The van der Waals surface area contributed by atoms with Crippen molar-refractivity contribution in [3.05, 3.63) is 29.8 Å². The highest BCUT2D eigenvalue weighted by Crippen LogP contribution is 2.37. The van der Waals surface area contributed by atoms with E-state index in [0.717, 1.165) is 0 Å². The summed E-state index contributed by atoms with van der Waals surface area (Å²) >= 11 is 1.35. The molecule has 0 bridgehead atoms. The number of ether oxygens (including phenoxy) is 2. The normalized spacial score (nSPS) is 19.2. The summed E-state index contributed by atoms with van der Waals surface area (Å²) in [4.78, 5) is 30.1. The summed E-state index contributed by atoms with van der Waals surface area (Å²) in [5.74, 6) is 0.626. The molecule has 1 fully saturated rings. The molecule has 7 nitrogen and oxygen atoms in total. The van der Waals surface area contributed by atoms with Crippen LogP contribution >= 0.6 is 11.3 Å². The highest BCUT2D eigenvalue weighted by Gasteiger charge is 2.36. The first-order valence-corrected chi connectivity index (χ1v) is 7.99. The minimum atomic E-state index is -0.392. The van der Waals surface area contributed by atoms with Gasteiger partial charge in [0.2, 0.25) is 18.6 Å². The number of anilines is 2. The average molecular weight is 331 g/mol. The third kappa shape index (κ3) is 2.61. The second-order valence-electron chi connectivity index (χ2n) is 5.27. The summed E-state index contributed by atoms with van der Waals surface area (Å²) in [6, 6.07) is 5.34. The number of nitrogens with one attached hydrogen (secondary N) is 1. The quantitative estimate of drug-likeness (QED) is 0.928. The van der Waals surface area contributed by atoms with Gasteiger partial charge in [-0.05, 0) is 12.1 Å². The molecule has 1 atom stereocenters. The largest absolute Gasteiger partial charge is 0.454 e. The van der Waals surface area contributed by atoms with Gasteiger partial charge in [-0.3, -0.25) is 9.59 Å². The van der Waals surface area contributed by atoms with Gasteiger partial charge in [0.05, 0.1) is 5.92 Å². The number of benzene rings is 1. The summed E-state index contributed by atoms with van der Waals surface area (Å²) in [5.41, 5.74) is 0.712. The molecule has 1 aromatic carbocycles. The molecule has 1 saturated heterocycles. The summed E-state index contributed by atoms with van der Waals surface area (Å²) in [6.07, 6.45) is 1.81. The van der Waals surface area contributed by atoms with E-state index in [1.54, 1.807) is 34.7 Å². The van der Waals surface area contributed by atoms with Crippen LogP contribution in [0.3, 0.4) is 0 Å². The maximum absolute atomic E-state index is 12.3. The Morgan fingerprint density at radius 1 is 1.35 bits per heavy atom. The number of hydrogen-bond acceptors (Lipinski definition) is 6. The van der Waals surface area contributed by atoms with Crippen LogP contribution in [0.2, 0.25) is 0 Å². The van der Waals surface area contributed by atoms with Crippen LogP contribution in [0.15, 0.2) is 29.8 Å². The first-order chi connectivity index (χ1) is 11.2. The van der Waals surface area contributed by atoms with Crippen LogP contribution < -0.4 is 19.7 Å². The zero-order valence-electron chi connectivity index (χ0n) is 12.0. The molecule has 0 saturated carbocycles. The smallest absolute Gasteiger partial charge is 0.231 e. The van der Waals surface area contributed by atoms with E-state index in [2.05, 4.69) is 10.3 Å². The first kappa shape index (κ1) is 14.0. The fourth-order valence-corrected chi connectivity index (χ4v) is 3.21. The molecule has 2 aliphatic heterocycles. The topological polar surface area (TPSA) is 80.8 Å². The van der Waals surface area contributed by atoms with E-state index in [1.165, 1.54) is 11.3 Å². The highest BCUT2D eigenvalue weighted by molar-refractivity contribution is 7.13. The van der Waals surface area contributed by atoms with Gasteiger partial charge >= 0.3 is 0 Å². The summed E-state index contributed by atoms with van der Waals surface area (Å²) < 4.78 is 10.6. The Labute approximate surface area is 135 Å². The number of carbonyl (C=O) groups excluding carboxylic acids is 2. The van der Waals surface area contributed by atoms with E-state index in [9.17, 15) is 9.59 Å². The van der Waals surface area contributed by atoms with E-state index < -0.39 is 5.92 Å². The zero-order chi connectivity index (χ0) is 15.8. The van der Waals surface area contributed by atoms with Gasteiger partial charge in [0.15, 0.2) is 16.6 Å². The standard InChI is InChI=1S/C15H13N3O4S/c19-13-5-9(14(20)17-15-16-3-4-23-15)7-18(13)10-1-2-11-12(6-10)22-8-21-11/h1-4,6,9H,5,7-8H2,(H,16,17,20). The van der Waals surface area contributed by atoms with E-state index in [4.69, 9.17) is 9.47 Å². The van der Waals surface area contributed by atoms with Crippen molar-refractivity contribution in [3.63, 3.8) is 0 Å². The van der Waals surface area contributed by atoms with E-state index in [0.29, 0.717) is 28.9 Å². The molecule has 1 aromatic heterocycles. The maximum Gasteiger partial charge on any atom is 0.231 e. The van der Waals surface area contributed by atoms with Crippen molar-refractivity contribution >= 4 is 34.0 Å². The number of aromatic nitrogens is 1. The van der Waals surface area contributed by atoms with Crippen LogP contribution in [0.1, 0.15) is 6.42 Å². The molecular weight excluding hydrogens is 318 g/mol. The van der Waals surface area contributed by atoms with E-state index in [-0.39, 0.29) is 25.0 Å². The van der Waals surface area contributed by atoms with Crippen molar-refractivity contribution in [3.8, 4) is 11.5 Å². The van der Waals surface area contributed by atoms with E-state index >= 15 is 0 Å². The van der Waals surface area contributed by atoms with Crippen molar-refractivity contribution in [1.29, 1.82) is 0 Å². The Kier molecular flexibility index (Phi) is 3.38. The number of hydrogen-bond donors (Lipinski definition) is 1. The maximum atomic E-state index is 12.3. The molecule has 1 N–H and O–H groups in total. The molecule has 0 spiro atoms. The molecule has 118 valence electrons. The number of amides is 2. The van der Waals surface area contributed by atoms with Crippen LogP contribution in [-0.4, -0.2) is 30.1 Å². The Morgan fingerprint density at radius 2 is 2.22 bits per heavy atom. The van der Waals surface area contributed by atoms with Crippen LogP contribution in [0.5, 0.6) is 11.5 Å². The van der Waals surface area contributed by atoms with Gasteiger partial charge in [0.25, 0.3) is 0 Å². The number of rotatable bonds is 3. The van der Waals surface area contributed by atoms with Gasteiger partial charge in [-0.2, -0.15) is 0 Å². The van der Waals surface area contributed by atoms with Gasteiger partial charge in [-0.25, -0.2) is 4.98 Å². The average Bonchev–Trinajstić information content (AvgIpc) is 3.26. The lowest BCUT2D eigenvalue weighted by atomic mass is 10.1. The lowest BCUT2D eigenvalue weighted by molar-refractivity contribution is -0.122. The SMILES string of the molecule is O=C(Nc1nccs1)C1CC(=O)N(c2ccc3c(c2)OCO3)C1. The Morgan fingerprint density at radius 3 is 3.04 bits per heavy atom. The second kappa shape index (κ2) is 5.54. The molecule has 1 unspecified atom stereocenters. The fraction of sp³-hybridized carbons (Fsp3) is 0.267. The van der Waals surface area contributed by atoms with Gasteiger partial charge in [0, 0.05) is 36.3 Å². The molecule has 3 heterocycles. The predicted octanol–water partition coefficient (Wildman–Crippen LogP) is 1.86. The lowest BCUT2D eigenvalue weighted by Gasteiger charge is -2.17. The number of nitrogens with zero attached hydrogens (tertiary/aromatic N) is 2. The minimum Gasteiger partial charge on any atom is -0.454 e. The molecule has 2 amide bonds. The van der Waals surface area contributed by atoms with E-state index in [1.807, 2.05) is 0 Å². The number of thiazole rings is 1. The van der Waals surface area contributed by atoms with Gasteiger partial charge in [0.1, 0.15) is 0 Å². The molecule has 0 aliphatic carbocycles. The Hall–Kier alpha value is -2.61.